The first-order valence-corrected chi connectivity index (χ1v) is 6.41. The molecule has 1 rings (SSSR count). The minimum Gasteiger partial charge on any atom is -0.384 e. The van der Waals surface area contributed by atoms with E-state index in [2.05, 4.69) is 5.32 Å². The minimum absolute atomic E-state index is 0.0552. The van der Waals surface area contributed by atoms with Crippen LogP contribution in [0.4, 0.5) is 5.69 Å². The zero-order valence-corrected chi connectivity index (χ0v) is 9.76. The topological polar surface area (TPSA) is 72.2 Å². The lowest BCUT2D eigenvalue weighted by molar-refractivity contribution is 0.598. The van der Waals surface area contributed by atoms with Gasteiger partial charge in [-0.05, 0) is 31.0 Å². The molecule has 1 aromatic rings. The quantitative estimate of drug-likeness (QED) is 0.807. The van der Waals surface area contributed by atoms with Crippen LogP contribution in [-0.4, -0.2) is 20.7 Å². The number of primary sulfonamides is 1. The van der Waals surface area contributed by atoms with Gasteiger partial charge in [-0.1, -0.05) is 12.1 Å². The third-order valence-corrected chi connectivity index (χ3v) is 2.87. The molecular weight excluding hydrogens is 212 g/mol. The number of aryl methyl sites for hydroxylation is 2. The Kier molecular flexibility index (Phi) is 3.71. The molecule has 0 spiro atoms. The summed E-state index contributed by atoms with van der Waals surface area (Å²) in [5, 5.41) is 7.95. The van der Waals surface area contributed by atoms with E-state index < -0.39 is 10.0 Å². The fourth-order valence-corrected chi connectivity index (χ4v) is 1.64. The van der Waals surface area contributed by atoms with Crippen molar-refractivity contribution in [2.75, 3.05) is 17.6 Å². The molecule has 0 aliphatic heterocycles. The molecule has 84 valence electrons. The molecule has 0 fully saturated rings. The van der Waals surface area contributed by atoms with Gasteiger partial charge in [0.05, 0.1) is 5.75 Å². The predicted molar refractivity (Wildman–Crippen MR) is 62.4 cm³/mol. The van der Waals surface area contributed by atoms with E-state index in [1.165, 1.54) is 0 Å². The second kappa shape index (κ2) is 4.63. The van der Waals surface area contributed by atoms with Gasteiger partial charge in [0, 0.05) is 12.2 Å². The molecule has 0 saturated carbocycles. The highest BCUT2D eigenvalue weighted by molar-refractivity contribution is 7.89. The number of anilines is 1. The Balaban J connectivity index is 2.61. The average Bonchev–Trinajstić information content (AvgIpc) is 2.09. The second-order valence-electron chi connectivity index (χ2n) is 3.61. The normalized spacial score (nSPS) is 11.4. The van der Waals surface area contributed by atoms with E-state index in [9.17, 15) is 8.42 Å². The number of hydrogen-bond acceptors (Lipinski definition) is 3. The van der Waals surface area contributed by atoms with E-state index in [4.69, 9.17) is 5.14 Å². The zero-order valence-electron chi connectivity index (χ0n) is 8.95. The van der Waals surface area contributed by atoms with Crippen molar-refractivity contribution in [2.45, 2.75) is 13.8 Å². The lowest BCUT2D eigenvalue weighted by Crippen LogP contribution is -2.22. The molecule has 0 bridgehead atoms. The lowest BCUT2D eigenvalue weighted by atomic mass is 10.1. The van der Waals surface area contributed by atoms with Crippen LogP contribution in [0.5, 0.6) is 0 Å². The van der Waals surface area contributed by atoms with Gasteiger partial charge in [0.25, 0.3) is 0 Å². The fourth-order valence-electron chi connectivity index (χ4n) is 1.25. The summed E-state index contributed by atoms with van der Waals surface area (Å²) in [5.41, 5.74) is 3.19. The van der Waals surface area contributed by atoms with Crippen LogP contribution in [0.2, 0.25) is 0 Å². The highest BCUT2D eigenvalue weighted by Gasteiger charge is 2.03. The predicted octanol–water partition coefficient (Wildman–Crippen LogP) is 1.00. The van der Waals surface area contributed by atoms with Gasteiger partial charge < -0.3 is 5.32 Å². The summed E-state index contributed by atoms with van der Waals surface area (Å²) in [5.74, 6) is -0.0552. The van der Waals surface area contributed by atoms with Crippen molar-refractivity contribution in [1.82, 2.24) is 0 Å². The third-order valence-electron chi connectivity index (χ3n) is 2.10. The first-order valence-electron chi connectivity index (χ1n) is 4.70. The van der Waals surface area contributed by atoms with Crippen LogP contribution in [0.15, 0.2) is 18.2 Å². The maximum absolute atomic E-state index is 10.7. The molecule has 1 aromatic carbocycles. The van der Waals surface area contributed by atoms with Crippen LogP contribution in [0.25, 0.3) is 0 Å². The van der Waals surface area contributed by atoms with E-state index in [0.717, 1.165) is 16.8 Å². The fraction of sp³-hybridized carbons (Fsp3) is 0.400. The Bertz CT molecular complexity index is 441. The van der Waals surface area contributed by atoms with Crippen LogP contribution in [-0.2, 0) is 10.0 Å². The standard InChI is InChI=1S/C10H16N2O2S/c1-8-3-4-9(2)10(7-8)12-5-6-15(11,13)14/h3-4,7,12H,5-6H2,1-2H3,(H2,11,13,14). The lowest BCUT2D eigenvalue weighted by Gasteiger charge is -2.09. The molecule has 0 aliphatic carbocycles. The Morgan fingerprint density at radius 3 is 2.60 bits per heavy atom. The molecule has 5 heteroatoms. The number of sulfonamides is 1. The first-order chi connectivity index (χ1) is 6.88. The first kappa shape index (κ1) is 12.0. The van der Waals surface area contributed by atoms with Crippen LogP contribution in [0, 0.1) is 13.8 Å². The molecule has 0 atom stereocenters. The minimum atomic E-state index is -3.38. The monoisotopic (exact) mass is 228 g/mol. The molecule has 0 aromatic heterocycles. The smallest absolute Gasteiger partial charge is 0.210 e. The van der Waals surface area contributed by atoms with Gasteiger partial charge in [0.15, 0.2) is 0 Å². The summed E-state index contributed by atoms with van der Waals surface area (Å²) in [7, 11) is -3.38. The number of benzene rings is 1. The Hall–Kier alpha value is -1.07. The molecule has 0 heterocycles. The largest absolute Gasteiger partial charge is 0.384 e. The molecule has 4 nitrogen and oxygen atoms in total. The summed E-state index contributed by atoms with van der Waals surface area (Å²) in [6, 6.07) is 5.99. The highest BCUT2D eigenvalue weighted by Crippen LogP contribution is 2.15. The summed E-state index contributed by atoms with van der Waals surface area (Å²) in [6.07, 6.45) is 0. The van der Waals surface area contributed by atoms with Gasteiger partial charge in [-0.15, -0.1) is 0 Å². The summed E-state index contributed by atoms with van der Waals surface area (Å²) in [6.45, 7) is 4.30. The van der Waals surface area contributed by atoms with Crippen molar-refractivity contribution in [3.05, 3.63) is 29.3 Å². The van der Waals surface area contributed by atoms with Crippen LogP contribution in [0.1, 0.15) is 11.1 Å². The van der Waals surface area contributed by atoms with Crippen molar-refractivity contribution in [2.24, 2.45) is 5.14 Å². The molecule has 0 saturated heterocycles. The van der Waals surface area contributed by atoms with Crippen molar-refractivity contribution in [3.63, 3.8) is 0 Å². The van der Waals surface area contributed by atoms with Crippen molar-refractivity contribution in [1.29, 1.82) is 0 Å². The van der Waals surface area contributed by atoms with E-state index in [0.29, 0.717) is 6.54 Å². The molecule has 0 aliphatic rings. The maximum Gasteiger partial charge on any atom is 0.210 e. The van der Waals surface area contributed by atoms with Crippen LogP contribution >= 0.6 is 0 Å². The molecule has 3 N–H and O–H groups in total. The number of nitrogens with two attached hydrogens (primary N) is 1. The number of rotatable bonds is 4. The van der Waals surface area contributed by atoms with E-state index in [-0.39, 0.29) is 5.75 Å². The zero-order chi connectivity index (χ0) is 11.5. The van der Waals surface area contributed by atoms with Crippen LogP contribution in [0.3, 0.4) is 0 Å². The van der Waals surface area contributed by atoms with Gasteiger partial charge in [0.1, 0.15) is 0 Å². The summed E-state index contributed by atoms with van der Waals surface area (Å²) >= 11 is 0. The highest BCUT2D eigenvalue weighted by atomic mass is 32.2. The number of nitrogens with one attached hydrogen (secondary N) is 1. The molecule has 0 unspecified atom stereocenters. The molecule has 0 amide bonds. The van der Waals surface area contributed by atoms with Crippen molar-refractivity contribution < 1.29 is 8.42 Å². The average molecular weight is 228 g/mol. The Labute approximate surface area is 90.5 Å². The third kappa shape index (κ3) is 4.31. The van der Waals surface area contributed by atoms with Gasteiger partial charge in [-0.2, -0.15) is 0 Å². The van der Waals surface area contributed by atoms with Gasteiger partial charge >= 0.3 is 0 Å². The summed E-state index contributed by atoms with van der Waals surface area (Å²) in [4.78, 5) is 0. The van der Waals surface area contributed by atoms with Crippen molar-refractivity contribution >= 4 is 15.7 Å². The van der Waals surface area contributed by atoms with Gasteiger partial charge in [-0.3, -0.25) is 0 Å². The Morgan fingerprint density at radius 2 is 2.00 bits per heavy atom. The summed E-state index contributed by atoms with van der Waals surface area (Å²) < 4.78 is 21.4. The molecule has 0 radical (unpaired) electrons. The van der Waals surface area contributed by atoms with E-state index in [1.54, 1.807) is 0 Å². The Morgan fingerprint density at radius 1 is 1.33 bits per heavy atom. The number of hydrogen-bond donors (Lipinski definition) is 2. The SMILES string of the molecule is Cc1ccc(C)c(NCCS(N)(=O)=O)c1. The second-order valence-corrected chi connectivity index (χ2v) is 5.35. The molecule has 15 heavy (non-hydrogen) atoms. The molecular formula is C10H16N2O2S. The van der Waals surface area contributed by atoms with Crippen LogP contribution < -0.4 is 10.5 Å². The van der Waals surface area contributed by atoms with Gasteiger partial charge in [-0.25, -0.2) is 13.6 Å². The van der Waals surface area contributed by atoms with E-state index in [1.807, 2.05) is 32.0 Å². The van der Waals surface area contributed by atoms with E-state index >= 15 is 0 Å². The van der Waals surface area contributed by atoms with Gasteiger partial charge in [0.2, 0.25) is 10.0 Å². The maximum atomic E-state index is 10.7. The van der Waals surface area contributed by atoms with Crippen molar-refractivity contribution in [3.8, 4) is 0 Å².